The first-order valence-electron chi connectivity index (χ1n) is 2.30. The smallest absolute Gasteiger partial charge is 0.777 e. The predicted octanol–water partition coefficient (Wildman–Crippen LogP) is -7.31. The topological polar surface area (TPSA) is 121 Å². The third-order valence-electron chi connectivity index (χ3n) is 1.07. The number of rotatable bonds is 2. The molecule has 75 valence electrons. The van der Waals surface area contributed by atoms with E-state index in [1.54, 1.807) is 0 Å². The molecule has 2 N–H and O–H groups in total. The predicted molar refractivity (Wildman–Crippen MR) is 37.0 cm³/mol. The zero-order valence-electron chi connectivity index (χ0n) is 7.75. The van der Waals surface area contributed by atoms with E-state index in [0.717, 1.165) is 0 Å². The number of thiol groups is 1. The van der Waals surface area contributed by atoms with Crippen LogP contribution in [0.2, 0.25) is 0 Å². The van der Waals surface area contributed by atoms with Crippen molar-refractivity contribution < 1.29 is 108 Å². The molecule has 0 fully saturated rings. The van der Waals surface area contributed by atoms with Crippen molar-refractivity contribution in [3.8, 4) is 0 Å². The minimum absolute atomic E-state index is 0. The van der Waals surface area contributed by atoms with Gasteiger partial charge in [0.1, 0.15) is 4.23 Å². The molecule has 12 heteroatoms. The molecule has 0 heterocycles. The standard InChI is InChI=1S/C2H8O6P2S.2Na.Tc/c1-2(11,9(3,4)5)10(6,7)8;;;/h11H,1H3,(H2,3,4,5)(H2,6,7,8);;;/q;2*+1;/p-2/i;;;1+1. The molecule has 0 aromatic carbocycles. The number of hydrogen-bond acceptors (Lipinski definition) is 5. The molecule has 0 spiro atoms. The normalized spacial score (nSPS) is 22.1. The fraction of sp³-hybridized carbons (Fsp3) is 1.00. The van der Waals surface area contributed by atoms with Gasteiger partial charge in [-0.3, -0.25) is 0 Å². The largest absolute Gasteiger partial charge is 1.00 e. The second-order valence-electron chi connectivity index (χ2n) is 2.01. The average molecular weight is 365 g/mol. The van der Waals surface area contributed by atoms with Gasteiger partial charge in [0.15, 0.2) is 15.2 Å². The Kier molecular flexibility index (Phi) is 15.6. The van der Waals surface area contributed by atoms with Gasteiger partial charge in [0.2, 0.25) is 0 Å². The number of hydrogen-bond donors (Lipinski definition) is 3. The summed E-state index contributed by atoms with van der Waals surface area (Å²) in [5.74, 6) is 0. The summed E-state index contributed by atoms with van der Waals surface area (Å²) in [6.45, 7) is 0.567. The van der Waals surface area contributed by atoms with E-state index in [1.165, 1.54) is 0 Å². The van der Waals surface area contributed by atoms with Crippen LogP contribution in [0.25, 0.3) is 0 Å². The van der Waals surface area contributed by atoms with Crippen LogP contribution in [0.3, 0.4) is 0 Å². The molecule has 14 heavy (non-hydrogen) atoms. The van der Waals surface area contributed by atoms with E-state index in [-0.39, 0.29) is 79.2 Å². The van der Waals surface area contributed by atoms with Gasteiger partial charge in [0.05, 0.1) is 0 Å². The van der Waals surface area contributed by atoms with Crippen LogP contribution >= 0.6 is 27.8 Å². The second-order valence-corrected chi connectivity index (χ2v) is 7.83. The molecular weight excluding hydrogens is 359 g/mol. The Labute approximate surface area is 145 Å². The molecule has 0 amide bonds. The van der Waals surface area contributed by atoms with Crippen molar-refractivity contribution in [1.82, 2.24) is 0 Å². The van der Waals surface area contributed by atoms with Crippen LogP contribution in [0.1, 0.15) is 6.92 Å². The summed E-state index contributed by atoms with van der Waals surface area (Å²) in [6.07, 6.45) is 0. The molecule has 0 aromatic rings. The fourth-order valence-electron chi connectivity index (χ4n) is 0.160. The van der Waals surface area contributed by atoms with Crippen LogP contribution in [0.15, 0.2) is 0 Å². The van der Waals surface area contributed by atoms with Gasteiger partial charge >= 0.3 is 59.1 Å². The van der Waals surface area contributed by atoms with Gasteiger partial charge in [-0.05, 0) is 6.92 Å². The van der Waals surface area contributed by atoms with Crippen molar-refractivity contribution in [2.45, 2.75) is 11.2 Å². The monoisotopic (exact) mass is 365 g/mol. The third kappa shape index (κ3) is 6.90. The molecule has 0 saturated carbocycles. The Morgan fingerprint density at radius 3 is 1.29 bits per heavy atom. The summed E-state index contributed by atoms with van der Waals surface area (Å²) in [5.41, 5.74) is 0. The first-order valence-corrected chi connectivity index (χ1v) is 5.90. The molecule has 0 aliphatic heterocycles. The van der Waals surface area contributed by atoms with E-state index in [2.05, 4.69) is 12.6 Å². The molecule has 6 nitrogen and oxygen atoms in total. The van der Waals surface area contributed by atoms with E-state index in [4.69, 9.17) is 9.79 Å². The van der Waals surface area contributed by atoms with Crippen molar-refractivity contribution in [1.29, 1.82) is 0 Å². The first kappa shape index (κ1) is 26.0. The van der Waals surface area contributed by atoms with Crippen molar-refractivity contribution in [3.63, 3.8) is 0 Å². The minimum Gasteiger partial charge on any atom is -0.777 e. The molecule has 0 rings (SSSR count). The molecule has 2 unspecified atom stereocenters. The Morgan fingerprint density at radius 2 is 1.29 bits per heavy atom. The van der Waals surface area contributed by atoms with E-state index in [0.29, 0.717) is 6.92 Å². The zero-order chi connectivity index (χ0) is 9.50. The third-order valence-corrected chi connectivity index (χ3v) is 6.24. The molecule has 0 bridgehead atoms. The Morgan fingerprint density at radius 1 is 1.14 bits per heavy atom. The van der Waals surface area contributed by atoms with Crippen LogP contribution in [-0.2, 0) is 29.2 Å². The Hall–Kier alpha value is 3.30. The molecule has 0 saturated heterocycles. The van der Waals surface area contributed by atoms with Crippen molar-refractivity contribution in [3.05, 3.63) is 0 Å². The van der Waals surface area contributed by atoms with Crippen LogP contribution in [0.4, 0.5) is 0 Å². The van der Waals surface area contributed by atoms with E-state index in [1.807, 2.05) is 0 Å². The summed E-state index contributed by atoms with van der Waals surface area (Å²) >= 11 is 3.10. The quantitative estimate of drug-likeness (QED) is 0.254. The molecular formula is C2H6Na2O6P2STc. The van der Waals surface area contributed by atoms with Crippen molar-refractivity contribution in [2.24, 2.45) is 0 Å². The molecule has 0 aliphatic carbocycles. The summed E-state index contributed by atoms with van der Waals surface area (Å²) in [5, 5.41) is 0. The summed E-state index contributed by atoms with van der Waals surface area (Å²) < 4.78 is 17.7. The minimum atomic E-state index is -5.20. The Balaban J connectivity index is -0.000000167. The molecule has 2 atom stereocenters. The summed E-state index contributed by atoms with van der Waals surface area (Å²) in [4.78, 5) is 37.1. The van der Waals surface area contributed by atoms with Gasteiger partial charge in [-0.15, -0.1) is 0 Å². The van der Waals surface area contributed by atoms with Gasteiger partial charge in [0.25, 0.3) is 0 Å². The van der Waals surface area contributed by atoms with Gasteiger partial charge in [0, 0.05) is 20.1 Å². The summed E-state index contributed by atoms with van der Waals surface area (Å²) in [6, 6.07) is 0. The maximum atomic E-state index is 10.3. The van der Waals surface area contributed by atoms with E-state index in [9.17, 15) is 18.9 Å². The average Bonchev–Trinajstić information content (AvgIpc) is 1.58. The maximum absolute atomic E-state index is 10.3. The van der Waals surface area contributed by atoms with Gasteiger partial charge in [-0.1, -0.05) is 0 Å². The maximum Gasteiger partial charge on any atom is 1.00 e. The van der Waals surface area contributed by atoms with Crippen molar-refractivity contribution >= 4 is 27.8 Å². The van der Waals surface area contributed by atoms with Crippen LogP contribution in [0.5, 0.6) is 0 Å². The molecule has 0 aromatic heterocycles. The Bertz CT molecular complexity index is 224. The molecule has 1 radical (unpaired) electrons. The zero-order valence-corrected chi connectivity index (χ0v) is 16.3. The van der Waals surface area contributed by atoms with Crippen LogP contribution < -0.4 is 68.9 Å². The van der Waals surface area contributed by atoms with Crippen LogP contribution in [0, 0.1) is 0 Å². The fourth-order valence-corrected chi connectivity index (χ4v) is 1.44. The SMILES string of the molecule is CC(S)(P(=O)([O-])O)P(=O)([O-])O.[99Tc].[Na+].[Na+]. The van der Waals surface area contributed by atoms with E-state index < -0.39 is 19.4 Å². The van der Waals surface area contributed by atoms with Gasteiger partial charge in [-0.2, -0.15) is 12.6 Å². The van der Waals surface area contributed by atoms with Gasteiger partial charge < -0.3 is 28.7 Å². The molecule has 0 aliphatic rings. The van der Waals surface area contributed by atoms with Gasteiger partial charge in [-0.25, -0.2) is 0 Å². The van der Waals surface area contributed by atoms with Crippen LogP contribution in [-0.4, -0.2) is 14.0 Å². The summed E-state index contributed by atoms with van der Waals surface area (Å²) in [7, 11) is -10.4. The second kappa shape index (κ2) is 8.41. The first-order chi connectivity index (χ1) is 4.50. The van der Waals surface area contributed by atoms with Crippen molar-refractivity contribution in [2.75, 3.05) is 0 Å². The van der Waals surface area contributed by atoms with E-state index >= 15 is 0 Å².